The van der Waals surface area contributed by atoms with E-state index in [1.807, 2.05) is 30.5 Å². The molecule has 1 aliphatic carbocycles. The summed E-state index contributed by atoms with van der Waals surface area (Å²) in [4.78, 5) is 17.5. The second kappa shape index (κ2) is 5.94. The van der Waals surface area contributed by atoms with Gasteiger partial charge in [-0.05, 0) is 18.2 Å². The van der Waals surface area contributed by atoms with Gasteiger partial charge in [0.05, 0.1) is 0 Å². The second-order valence-corrected chi connectivity index (χ2v) is 6.14. The lowest BCUT2D eigenvalue weighted by Gasteiger charge is -2.30. The number of ketones is 1. The number of benzene rings is 1. The average Bonchev–Trinajstić information content (AvgIpc) is 2.80. The molecule has 1 aliphatic rings. The number of aromatic nitrogens is 1. The first-order chi connectivity index (χ1) is 10.3. The van der Waals surface area contributed by atoms with Crippen LogP contribution in [0.15, 0.2) is 36.7 Å². The average molecular weight is 282 g/mol. The molecule has 0 atom stereocenters. The van der Waals surface area contributed by atoms with E-state index in [4.69, 9.17) is 5.73 Å². The van der Waals surface area contributed by atoms with Gasteiger partial charge >= 0.3 is 0 Å². The number of carbonyl (C=O) groups excluding carboxylic acids is 1. The highest BCUT2D eigenvalue weighted by Gasteiger charge is 2.38. The van der Waals surface area contributed by atoms with Gasteiger partial charge < -0.3 is 5.73 Å². The summed E-state index contributed by atoms with van der Waals surface area (Å²) in [6.45, 7) is 0.440. The number of pyridine rings is 1. The Balaban J connectivity index is 2.06. The van der Waals surface area contributed by atoms with Crippen LogP contribution in [0.25, 0.3) is 10.8 Å². The maximum Gasteiger partial charge on any atom is 0.172 e. The summed E-state index contributed by atoms with van der Waals surface area (Å²) in [7, 11) is 0. The zero-order valence-electron chi connectivity index (χ0n) is 12.3. The van der Waals surface area contributed by atoms with Crippen molar-refractivity contribution in [2.75, 3.05) is 6.54 Å². The van der Waals surface area contributed by atoms with E-state index in [0.29, 0.717) is 6.54 Å². The van der Waals surface area contributed by atoms with Gasteiger partial charge in [-0.3, -0.25) is 9.78 Å². The fraction of sp³-hybridized carbons (Fsp3) is 0.444. The highest BCUT2D eigenvalue weighted by molar-refractivity contribution is 6.10. The quantitative estimate of drug-likeness (QED) is 0.689. The van der Waals surface area contributed by atoms with Gasteiger partial charge in [0, 0.05) is 35.3 Å². The van der Waals surface area contributed by atoms with Crippen molar-refractivity contribution < 1.29 is 4.79 Å². The first-order valence-electron chi connectivity index (χ1n) is 7.84. The largest absolute Gasteiger partial charge is 0.329 e. The lowest BCUT2D eigenvalue weighted by atomic mass is 9.74. The lowest BCUT2D eigenvalue weighted by Crippen LogP contribution is -2.38. The maximum absolute atomic E-state index is 13.2. The normalized spacial score (nSPS) is 18.3. The smallest absolute Gasteiger partial charge is 0.172 e. The predicted molar refractivity (Wildman–Crippen MR) is 85.3 cm³/mol. The second-order valence-electron chi connectivity index (χ2n) is 6.14. The van der Waals surface area contributed by atoms with Gasteiger partial charge in [0.15, 0.2) is 5.78 Å². The standard InChI is InChI=1S/C18H22N2O/c19-13-18(9-5-1-2-6-10-18)17(21)16-12-20-11-14-7-3-4-8-15(14)16/h3-4,7-8,11-12H,1-2,5-6,9-10,13,19H2. The fourth-order valence-corrected chi connectivity index (χ4v) is 3.51. The molecule has 21 heavy (non-hydrogen) atoms. The van der Waals surface area contributed by atoms with Gasteiger partial charge in [-0.2, -0.15) is 0 Å². The zero-order chi connectivity index (χ0) is 14.7. The minimum absolute atomic E-state index is 0.191. The molecule has 0 aliphatic heterocycles. The third-order valence-electron chi connectivity index (χ3n) is 4.85. The van der Waals surface area contributed by atoms with Crippen LogP contribution in [0, 0.1) is 5.41 Å². The van der Waals surface area contributed by atoms with Crippen LogP contribution < -0.4 is 5.73 Å². The Morgan fingerprint density at radius 1 is 1.10 bits per heavy atom. The van der Waals surface area contributed by atoms with Gasteiger partial charge in [0.25, 0.3) is 0 Å². The third kappa shape index (κ3) is 2.58. The molecule has 0 radical (unpaired) electrons. The third-order valence-corrected chi connectivity index (χ3v) is 4.85. The van der Waals surface area contributed by atoms with Crippen molar-refractivity contribution in [2.24, 2.45) is 11.1 Å². The summed E-state index contributed by atoms with van der Waals surface area (Å²) < 4.78 is 0. The Morgan fingerprint density at radius 2 is 1.81 bits per heavy atom. The highest BCUT2D eigenvalue weighted by atomic mass is 16.1. The van der Waals surface area contributed by atoms with E-state index in [1.165, 1.54) is 12.8 Å². The minimum Gasteiger partial charge on any atom is -0.329 e. The molecule has 3 heteroatoms. The van der Waals surface area contributed by atoms with Gasteiger partial charge in [-0.15, -0.1) is 0 Å². The van der Waals surface area contributed by atoms with Crippen molar-refractivity contribution in [2.45, 2.75) is 38.5 Å². The molecule has 1 aromatic carbocycles. The summed E-state index contributed by atoms with van der Waals surface area (Å²) in [5, 5.41) is 2.01. The van der Waals surface area contributed by atoms with Crippen molar-refractivity contribution in [1.29, 1.82) is 0 Å². The van der Waals surface area contributed by atoms with Crippen LogP contribution in [-0.2, 0) is 0 Å². The summed E-state index contributed by atoms with van der Waals surface area (Å²) in [6, 6.07) is 7.95. The van der Waals surface area contributed by atoms with Gasteiger partial charge in [-0.1, -0.05) is 49.9 Å². The molecule has 2 N–H and O–H groups in total. The molecule has 3 nitrogen and oxygen atoms in total. The van der Waals surface area contributed by atoms with Crippen LogP contribution >= 0.6 is 0 Å². The summed E-state index contributed by atoms with van der Waals surface area (Å²) in [5.74, 6) is 0.191. The van der Waals surface area contributed by atoms with E-state index in [-0.39, 0.29) is 11.2 Å². The molecule has 3 rings (SSSR count). The predicted octanol–water partition coefficient (Wildman–Crippen LogP) is 3.72. The molecule has 0 amide bonds. The van der Waals surface area contributed by atoms with Crippen LogP contribution in [0.2, 0.25) is 0 Å². The molecule has 0 unspecified atom stereocenters. The molecular weight excluding hydrogens is 260 g/mol. The molecule has 2 aromatic rings. The van der Waals surface area contributed by atoms with Crippen molar-refractivity contribution in [3.05, 3.63) is 42.2 Å². The number of Topliss-reactive ketones (excluding diaryl/α,β-unsaturated/α-hetero) is 1. The minimum atomic E-state index is -0.387. The van der Waals surface area contributed by atoms with Gasteiger partial charge in [0.2, 0.25) is 0 Å². The Kier molecular flexibility index (Phi) is 4.02. The molecule has 1 aromatic heterocycles. The van der Waals surface area contributed by atoms with Gasteiger partial charge in [-0.25, -0.2) is 0 Å². The van der Waals surface area contributed by atoms with Crippen molar-refractivity contribution in [3.8, 4) is 0 Å². The number of hydrogen-bond donors (Lipinski definition) is 1. The maximum atomic E-state index is 13.2. The van der Waals surface area contributed by atoms with E-state index in [9.17, 15) is 4.79 Å². The van der Waals surface area contributed by atoms with Crippen molar-refractivity contribution in [1.82, 2.24) is 4.98 Å². The molecule has 0 spiro atoms. The Labute approximate surface area is 125 Å². The summed E-state index contributed by atoms with van der Waals surface area (Å²) in [5.41, 5.74) is 6.40. The van der Waals surface area contributed by atoms with E-state index in [0.717, 1.165) is 42.0 Å². The van der Waals surface area contributed by atoms with Crippen LogP contribution in [0.1, 0.15) is 48.9 Å². The molecule has 0 bridgehead atoms. The van der Waals surface area contributed by atoms with Crippen molar-refractivity contribution in [3.63, 3.8) is 0 Å². The molecular formula is C18H22N2O. The first-order valence-corrected chi connectivity index (χ1v) is 7.84. The zero-order valence-corrected chi connectivity index (χ0v) is 12.3. The van der Waals surface area contributed by atoms with Crippen LogP contribution in [0.5, 0.6) is 0 Å². The van der Waals surface area contributed by atoms with Crippen LogP contribution in [-0.4, -0.2) is 17.3 Å². The number of hydrogen-bond acceptors (Lipinski definition) is 3. The number of carbonyl (C=O) groups is 1. The molecule has 0 saturated heterocycles. The number of fused-ring (bicyclic) bond motifs is 1. The Morgan fingerprint density at radius 3 is 2.52 bits per heavy atom. The van der Waals surface area contributed by atoms with Crippen LogP contribution in [0.4, 0.5) is 0 Å². The van der Waals surface area contributed by atoms with E-state index in [2.05, 4.69) is 4.98 Å². The highest BCUT2D eigenvalue weighted by Crippen LogP contribution is 2.38. The van der Waals surface area contributed by atoms with Crippen molar-refractivity contribution >= 4 is 16.6 Å². The van der Waals surface area contributed by atoms with E-state index >= 15 is 0 Å². The number of nitrogens with zero attached hydrogens (tertiary/aromatic N) is 1. The van der Waals surface area contributed by atoms with Crippen LogP contribution in [0.3, 0.4) is 0 Å². The molecule has 1 heterocycles. The Hall–Kier alpha value is -1.74. The molecule has 1 saturated carbocycles. The monoisotopic (exact) mass is 282 g/mol. The molecule has 1 fully saturated rings. The Bertz CT molecular complexity index is 637. The number of nitrogens with two attached hydrogens (primary N) is 1. The summed E-state index contributed by atoms with van der Waals surface area (Å²) in [6.07, 6.45) is 9.96. The SMILES string of the molecule is NCC1(C(=O)c2cncc3ccccc23)CCCCCC1. The fourth-order valence-electron chi connectivity index (χ4n) is 3.51. The van der Waals surface area contributed by atoms with E-state index < -0.39 is 0 Å². The van der Waals surface area contributed by atoms with Gasteiger partial charge in [0.1, 0.15) is 0 Å². The lowest BCUT2D eigenvalue weighted by molar-refractivity contribution is 0.0776. The topological polar surface area (TPSA) is 56.0 Å². The first kappa shape index (κ1) is 14.2. The number of rotatable bonds is 3. The molecule has 110 valence electrons. The van der Waals surface area contributed by atoms with E-state index in [1.54, 1.807) is 6.20 Å². The summed E-state index contributed by atoms with van der Waals surface area (Å²) >= 11 is 0.